The van der Waals surface area contributed by atoms with Crippen LogP contribution in [0.1, 0.15) is 18.9 Å². The molecule has 0 unspecified atom stereocenters. The molecule has 0 fully saturated rings. The smallest absolute Gasteiger partial charge is 0.143 e. The third-order valence-corrected chi connectivity index (χ3v) is 3.92. The summed E-state index contributed by atoms with van der Waals surface area (Å²) in [6, 6.07) is 11.8. The van der Waals surface area contributed by atoms with Gasteiger partial charge in [-0.25, -0.2) is 4.98 Å². The summed E-state index contributed by atoms with van der Waals surface area (Å²) in [5.41, 5.74) is 10.9. The van der Waals surface area contributed by atoms with Crippen LogP contribution >= 0.6 is 11.6 Å². The number of rotatable bonds is 3. The topological polar surface area (TPSA) is 43.8 Å². The van der Waals surface area contributed by atoms with E-state index in [0.717, 1.165) is 46.1 Å². The predicted octanol–water partition coefficient (Wildman–Crippen LogP) is 4.66. The maximum atomic E-state index is 6.38. The number of halogens is 1. The highest BCUT2D eigenvalue weighted by atomic mass is 35.5. The zero-order chi connectivity index (χ0) is 15.0. The van der Waals surface area contributed by atoms with Gasteiger partial charge < -0.3 is 10.3 Å². The molecule has 3 nitrogen and oxygen atoms in total. The standard InChI is InChI=1S/C17H18ClN3/c1-3-9-21-16-13(18)5-4-6-15(16)20-17(21)12-10-11(2)7-8-14(12)19/h4-8,10H,3,9,19H2,1-2H3. The summed E-state index contributed by atoms with van der Waals surface area (Å²) in [6.07, 6.45) is 1.01. The average molecular weight is 300 g/mol. The first kappa shape index (κ1) is 14.0. The number of nitrogens with zero attached hydrogens (tertiary/aromatic N) is 2. The van der Waals surface area contributed by atoms with Gasteiger partial charge in [0.1, 0.15) is 5.82 Å². The van der Waals surface area contributed by atoms with Crippen LogP contribution in [0.2, 0.25) is 5.02 Å². The molecule has 3 aromatic rings. The van der Waals surface area contributed by atoms with E-state index in [-0.39, 0.29) is 0 Å². The first-order chi connectivity index (χ1) is 10.1. The number of hydrogen-bond acceptors (Lipinski definition) is 2. The van der Waals surface area contributed by atoms with Crippen molar-refractivity contribution in [1.29, 1.82) is 0 Å². The molecule has 0 aliphatic rings. The zero-order valence-electron chi connectivity index (χ0n) is 12.2. The molecule has 0 atom stereocenters. The Kier molecular flexibility index (Phi) is 3.60. The lowest BCUT2D eigenvalue weighted by Gasteiger charge is -2.11. The number of anilines is 1. The molecule has 0 bridgehead atoms. The molecule has 0 aliphatic heterocycles. The fraction of sp³-hybridized carbons (Fsp3) is 0.235. The molecule has 21 heavy (non-hydrogen) atoms. The Morgan fingerprint density at radius 2 is 2.05 bits per heavy atom. The molecule has 108 valence electrons. The third kappa shape index (κ3) is 2.38. The summed E-state index contributed by atoms with van der Waals surface area (Å²) >= 11 is 6.38. The van der Waals surface area contributed by atoms with Crippen LogP contribution in [0.3, 0.4) is 0 Å². The van der Waals surface area contributed by atoms with Crippen LogP contribution in [-0.4, -0.2) is 9.55 Å². The summed E-state index contributed by atoms with van der Waals surface area (Å²) in [5, 5.41) is 0.728. The summed E-state index contributed by atoms with van der Waals surface area (Å²) in [4.78, 5) is 4.76. The SMILES string of the molecule is CCCn1c(-c2cc(C)ccc2N)nc2cccc(Cl)c21. The maximum Gasteiger partial charge on any atom is 0.143 e. The molecule has 0 spiro atoms. The Labute approximate surface area is 129 Å². The molecule has 1 aromatic heterocycles. The molecular weight excluding hydrogens is 282 g/mol. The molecule has 0 aliphatic carbocycles. The van der Waals surface area contributed by atoms with Crippen LogP contribution in [-0.2, 0) is 6.54 Å². The average Bonchev–Trinajstić information content (AvgIpc) is 2.82. The van der Waals surface area contributed by atoms with Crippen molar-refractivity contribution in [1.82, 2.24) is 9.55 Å². The van der Waals surface area contributed by atoms with Crippen LogP contribution in [0, 0.1) is 6.92 Å². The number of para-hydroxylation sites is 1. The monoisotopic (exact) mass is 299 g/mol. The Balaban J connectivity index is 2.34. The van der Waals surface area contributed by atoms with Crippen molar-refractivity contribution in [3.63, 3.8) is 0 Å². The molecule has 3 rings (SSSR count). The first-order valence-electron chi connectivity index (χ1n) is 7.13. The van der Waals surface area contributed by atoms with Crippen molar-refractivity contribution >= 4 is 28.3 Å². The predicted molar refractivity (Wildman–Crippen MR) is 89.6 cm³/mol. The van der Waals surface area contributed by atoms with E-state index < -0.39 is 0 Å². The Bertz CT molecular complexity index is 805. The lowest BCUT2D eigenvalue weighted by Crippen LogP contribution is -2.02. The van der Waals surface area contributed by atoms with E-state index >= 15 is 0 Å². The zero-order valence-corrected chi connectivity index (χ0v) is 13.0. The summed E-state index contributed by atoms with van der Waals surface area (Å²) < 4.78 is 2.17. The molecule has 2 N–H and O–H groups in total. The lowest BCUT2D eigenvalue weighted by atomic mass is 10.1. The molecule has 0 saturated carbocycles. The highest BCUT2D eigenvalue weighted by Gasteiger charge is 2.16. The van der Waals surface area contributed by atoms with Gasteiger partial charge >= 0.3 is 0 Å². The minimum absolute atomic E-state index is 0.728. The molecule has 4 heteroatoms. The van der Waals surface area contributed by atoms with Crippen molar-refractivity contribution in [3.8, 4) is 11.4 Å². The second kappa shape index (κ2) is 5.41. The molecule has 0 saturated heterocycles. The number of fused-ring (bicyclic) bond motifs is 1. The van der Waals surface area contributed by atoms with Crippen molar-refractivity contribution in [2.45, 2.75) is 26.8 Å². The second-order valence-corrected chi connectivity index (χ2v) is 5.69. The van der Waals surface area contributed by atoms with Gasteiger partial charge in [-0.1, -0.05) is 36.2 Å². The van der Waals surface area contributed by atoms with Crippen molar-refractivity contribution < 1.29 is 0 Å². The molecule has 0 radical (unpaired) electrons. The van der Waals surface area contributed by atoms with Crippen LogP contribution < -0.4 is 5.73 Å². The maximum absolute atomic E-state index is 6.38. The number of imidazole rings is 1. The van der Waals surface area contributed by atoms with Gasteiger partial charge in [0.25, 0.3) is 0 Å². The van der Waals surface area contributed by atoms with Gasteiger partial charge in [-0.15, -0.1) is 0 Å². The minimum Gasteiger partial charge on any atom is -0.398 e. The fourth-order valence-electron chi connectivity index (χ4n) is 2.65. The molecule has 1 heterocycles. The normalized spacial score (nSPS) is 11.2. The van der Waals surface area contributed by atoms with E-state index in [1.165, 1.54) is 5.56 Å². The largest absolute Gasteiger partial charge is 0.398 e. The van der Waals surface area contributed by atoms with E-state index in [9.17, 15) is 0 Å². The van der Waals surface area contributed by atoms with Crippen LogP contribution in [0.5, 0.6) is 0 Å². The van der Waals surface area contributed by atoms with Gasteiger partial charge in [-0.2, -0.15) is 0 Å². The number of aryl methyl sites for hydroxylation is 2. The van der Waals surface area contributed by atoms with Crippen molar-refractivity contribution in [2.75, 3.05) is 5.73 Å². The van der Waals surface area contributed by atoms with E-state index in [0.29, 0.717) is 0 Å². The van der Waals surface area contributed by atoms with Gasteiger partial charge in [-0.05, 0) is 37.6 Å². The van der Waals surface area contributed by atoms with Gasteiger partial charge in [0.05, 0.1) is 16.1 Å². The summed E-state index contributed by atoms with van der Waals surface area (Å²) in [6.45, 7) is 5.07. The van der Waals surface area contributed by atoms with Gasteiger partial charge in [0.15, 0.2) is 0 Å². The van der Waals surface area contributed by atoms with Crippen molar-refractivity contribution in [2.24, 2.45) is 0 Å². The number of hydrogen-bond donors (Lipinski definition) is 1. The minimum atomic E-state index is 0.728. The van der Waals surface area contributed by atoms with Crippen LogP contribution in [0.4, 0.5) is 5.69 Å². The molecular formula is C17H18ClN3. The quantitative estimate of drug-likeness (QED) is 0.715. The van der Waals surface area contributed by atoms with E-state index in [4.69, 9.17) is 22.3 Å². The van der Waals surface area contributed by atoms with E-state index in [2.05, 4.69) is 24.5 Å². The molecule has 2 aromatic carbocycles. The van der Waals surface area contributed by atoms with Crippen molar-refractivity contribution in [3.05, 3.63) is 47.0 Å². The highest BCUT2D eigenvalue weighted by Crippen LogP contribution is 2.32. The summed E-state index contributed by atoms with van der Waals surface area (Å²) in [7, 11) is 0. The number of nitrogen functional groups attached to an aromatic ring is 1. The van der Waals surface area contributed by atoms with E-state index in [1.807, 2.05) is 30.3 Å². The van der Waals surface area contributed by atoms with Gasteiger partial charge in [0, 0.05) is 17.8 Å². The highest BCUT2D eigenvalue weighted by molar-refractivity contribution is 6.35. The van der Waals surface area contributed by atoms with E-state index in [1.54, 1.807) is 0 Å². The number of benzene rings is 2. The lowest BCUT2D eigenvalue weighted by molar-refractivity contribution is 0.704. The Morgan fingerprint density at radius 1 is 1.24 bits per heavy atom. The number of aromatic nitrogens is 2. The fourth-order valence-corrected chi connectivity index (χ4v) is 2.92. The second-order valence-electron chi connectivity index (χ2n) is 5.29. The van der Waals surface area contributed by atoms with Gasteiger partial charge in [-0.3, -0.25) is 0 Å². The summed E-state index contributed by atoms with van der Waals surface area (Å²) in [5.74, 6) is 0.890. The Hall–Kier alpha value is -2.00. The molecule has 0 amide bonds. The van der Waals surface area contributed by atoms with Crippen LogP contribution in [0.25, 0.3) is 22.4 Å². The van der Waals surface area contributed by atoms with Gasteiger partial charge in [0.2, 0.25) is 0 Å². The number of nitrogens with two attached hydrogens (primary N) is 1. The first-order valence-corrected chi connectivity index (χ1v) is 7.51. The third-order valence-electron chi connectivity index (χ3n) is 3.61. The van der Waals surface area contributed by atoms with Crippen LogP contribution in [0.15, 0.2) is 36.4 Å². The Morgan fingerprint density at radius 3 is 2.81 bits per heavy atom.